The summed E-state index contributed by atoms with van der Waals surface area (Å²) in [4.78, 5) is 25.5. The zero-order valence-electron chi connectivity index (χ0n) is 11.2. The van der Waals surface area contributed by atoms with Gasteiger partial charge in [-0.1, -0.05) is 26.0 Å². The van der Waals surface area contributed by atoms with E-state index in [2.05, 4.69) is 0 Å². The van der Waals surface area contributed by atoms with Crippen molar-refractivity contribution in [2.75, 3.05) is 6.67 Å². The number of benzene rings is 1. The van der Waals surface area contributed by atoms with E-state index in [1.165, 1.54) is 0 Å². The van der Waals surface area contributed by atoms with Crippen LogP contribution in [0.15, 0.2) is 24.3 Å². The van der Waals surface area contributed by atoms with Gasteiger partial charge in [0.05, 0.1) is 17.2 Å². The normalized spacial score (nSPS) is 16.1. The molecular formula is C15H18FNO2. The average Bonchev–Trinajstić information content (AvgIpc) is 2.65. The molecule has 1 aliphatic heterocycles. The fraction of sp³-hybridized carbons (Fsp3) is 0.467. The van der Waals surface area contributed by atoms with E-state index in [0.717, 1.165) is 11.3 Å². The molecule has 19 heavy (non-hydrogen) atoms. The molecule has 0 fully saturated rings. The lowest BCUT2D eigenvalue weighted by Gasteiger charge is -2.24. The molecule has 3 nitrogen and oxygen atoms in total. The monoisotopic (exact) mass is 263 g/mol. The Labute approximate surface area is 112 Å². The number of carbonyl (C=O) groups is 2. The summed E-state index contributed by atoms with van der Waals surface area (Å²) in [7, 11) is 0. The molecule has 1 aromatic carbocycles. The van der Waals surface area contributed by atoms with Gasteiger partial charge in [0, 0.05) is 0 Å². The molecule has 0 saturated carbocycles. The summed E-state index contributed by atoms with van der Waals surface area (Å²) in [5.41, 5.74) is 0.769. The van der Waals surface area contributed by atoms with E-state index in [1.54, 1.807) is 24.3 Å². The summed E-state index contributed by atoms with van der Waals surface area (Å²) < 4.78 is 13.2. The van der Waals surface area contributed by atoms with Crippen LogP contribution in [0.1, 0.15) is 47.4 Å². The minimum Gasteiger partial charge on any atom is -0.269 e. The topological polar surface area (TPSA) is 37.4 Å². The molecule has 1 unspecified atom stereocenters. The molecular weight excluding hydrogens is 245 g/mol. The maximum absolute atomic E-state index is 13.2. The molecule has 2 amide bonds. The average molecular weight is 263 g/mol. The summed E-state index contributed by atoms with van der Waals surface area (Å²) >= 11 is 0. The van der Waals surface area contributed by atoms with E-state index >= 15 is 0 Å². The lowest BCUT2D eigenvalue weighted by molar-refractivity contribution is 0.0544. The van der Waals surface area contributed by atoms with Crippen LogP contribution in [0.4, 0.5) is 4.39 Å². The van der Waals surface area contributed by atoms with Gasteiger partial charge < -0.3 is 0 Å². The molecule has 1 heterocycles. The van der Waals surface area contributed by atoms with Crippen LogP contribution in [0.25, 0.3) is 0 Å². The zero-order chi connectivity index (χ0) is 14.0. The Morgan fingerprint density at radius 1 is 1.05 bits per heavy atom. The minimum atomic E-state index is -0.682. The highest BCUT2D eigenvalue weighted by molar-refractivity contribution is 6.21. The molecule has 0 N–H and O–H groups in total. The van der Waals surface area contributed by atoms with Gasteiger partial charge in [0.1, 0.15) is 6.67 Å². The first-order valence-corrected chi connectivity index (χ1v) is 6.59. The predicted molar refractivity (Wildman–Crippen MR) is 70.8 cm³/mol. The largest absolute Gasteiger partial charge is 0.269 e. The molecule has 0 aromatic heterocycles. The van der Waals surface area contributed by atoms with Gasteiger partial charge in [-0.3, -0.25) is 14.5 Å². The van der Waals surface area contributed by atoms with Crippen LogP contribution in [0.5, 0.6) is 0 Å². The van der Waals surface area contributed by atoms with Gasteiger partial charge in [0.15, 0.2) is 0 Å². The first-order chi connectivity index (χ1) is 9.06. The second-order valence-corrected chi connectivity index (χ2v) is 5.31. The van der Waals surface area contributed by atoms with Crippen molar-refractivity contribution in [3.8, 4) is 0 Å². The van der Waals surface area contributed by atoms with Crippen molar-refractivity contribution < 1.29 is 14.0 Å². The lowest BCUT2D eigenvalue weighted by atomic mass is 10.0. The molecule has 0 saturated heterocycles. The van der Waals surface area contributed by atoms with Crippen LogP contribution in [-0.2, 0) is 0 Å². The molecule has 2 rings (SSSR count). The van der Waals surface area contributed by atoms with Crippen LogP contribution in [0.3, 0.4) is 0 Å². The maximum Gasteiger partial charge on any atom is 0.261 e. The fourth-order valence-corrected chi connectivity index (χ4v) is 2.34. The number of carbonyl (C=O) groups excluding carboxylic acids is 2. The quantitative estimate of drug-likeness (QED) is 0.766. The Morgan fingerprint density at radius 3 is 2.00 bits per heavy atom. The third-order valence-electron chi connectivity index (χ3n) is 3.45. The van der Waals surface area contributed by atoms with Crippen molar-refractivity contribution in [3.63, 3.8) is 0 Å². The van der Waals surface area contributed by atoms with Crippen molar-refractivity contribution in [3.05, 3.63) is 35.4 Å². The molecule has 0 bridgehead atoms. The number of amides is 2. The highest BCUT2D eigenvalue weighted by Crippen LogP contribution is 2.26. The van der Waals surface area contributed by atoms with Gasteiger partial charge in [-0.25, -0.2) is 4.39 Å². The number of hydrogen-bond donors (Lipinski definition) is 0. The summed E-state index contributed by atoms with van der Waals surface area (Å²) in [5.74, 6) is -0.316. The molecule has 1 atom stereocenters. The standard InChI is InChI=1S/C15H18FNO2/c1-10(2)7-8-11(9-16)17-14(18)12-5-3-4-6-13(12)15(17)19/h3-6,10-11H,7-9H2,1-2H3. The van der Waals surface area contributed by atoms with Gasteiger partial charge in [-0.05, 0) is 30.9 Å². The molecule has 0 radical (unpaired) electrons. The smallest absolute Gasteiger partial charge is 0.261 e. The van der Waals surface area contributed by atoms with Gasteiger partial charge in [0.2, 0.25) is 0 Å². The van der Waals surface area contributed by atoms with Crippen molar-refractivity contribution in [1.29, 1.82) is 0 Å². The molecule has 0 aliphatic carbocycles. The van der Waals surface area contributed by atoms with Gasteiger partial charge in [0.25, 0.3) is 11.8 Å². The van der Waals surface area contributed by atoms with Gasteiger partial charge >= 0.3 is 0 Å². The SMILES string of the molecule is CC(C)CCC(CF)N1C(=O)c2ccccc2C1=O. The van der Waals surface area contributed by atoms with E-state index in [4.69, 9.17) is 0 Å². The summed E-state index contributed by atoms with van der Waals surface area (Å²) in [6.45, 7) is 3.40. The number of halogens is 1. The van der Waals surface area contributed by atoms with Gasteiger partial charge in [-0.2, -0.15) is 0 Å². The molecule has 0 spiro atoms. The highest BCUT2D eigenvalue weighted by Gasteiger charge is 2.39. The van der Waals surface area contributed by atoms with E-state index < -0.39 is 12.7 Å². The van der Waals surface area contributed by atoms with E-state index in [9.17, 15) is 14.0 Å². The fourth-order valence-electron chi connectivity index (χ4n) is 2.34. The number of nitrogens with zero attached hydrogens (tertiary/aromatic N) is 1. The first-order valence-electron chi connectivity index (χ1n) is 6.59. The Kier molecular flexibility index (Phi) is 3.98. The second kappa shape index (κ2) is 5.51. The number of alkyl halides is 1. The van der Waals surface area contributed by atoms with Crippen LogP contribution in [0.2, 0.25) is 0 Å². The Bertz CT molecular complexity index is 464. The third-order valence-corrected chi connectivity index (χ3v) is 3.45. The number of fused-ring (bicyclic) bond motifs is 1. The van der Waals surface area contributed by atoms with Crippen LogP contribution in [0, 0.1) is 5.92 Å². The van der Waals surface area contributed by atoms with Crippen molar-refractivity contribution in [2.45, 2.75) is 32.7 Å². The Balaban J connectivity index is 2.22. The van der Waals surface area contributed by atoms with E-state index in [0.29, 0.717) is 23.5 Å². The third kappa shape index (κ3) is 2.53. The number of imide groups is 1. The van der Waals surface area contributed by atoms with E-state index in [-0.39, 0.29) is 11.8 Å². The Hall–Kier alpha value is -1.71. The zero-order valence-corrected chi connectivity index (χ0v) is 11.2. The summed E-state index contributed by atoms with van der Waals surface area (Å²) in [6.07, 6.45) is 1.31. The molecule has 4 heteroatoms. The molecule has 102 valence electrons. The van der Waals surface area contributed by atoms with Gasteiger partial charge in [-0.15, -0.1) is 0 Å². The number of hydrogen-bond acceptors (Lipinski definition) is 2. The van der Waals surface area contributed by atoms with Crippen LogP contribution >= 0.6 is 0 Å². The molecule has 1 aromatic rings. The predicted octanol–water partition coefficient (Wildman–Crippen LogP) is 3.06. The summed E-state index contributed by atoms with van der Waals surface area (Å²) in [5, 5.41) is 0. The maximum atomic E-state index is 13.2. The van der Waals surface area contributed by atoms with Crippen molar-refractivity contribution >= 4 is 11.8 Å². The molecule has 1 aliphatic rings. The highest BCUT2D eigenvalue weighted by atomic mass is 19.1. The Morgan fingerprint density at radius 2 is 1.58 bits per heavy atom. The van der Waals surface area contributed by atoms with Crippen molar-refractivity contribution in [1.82, 2.24) is 4.90 Å². The summed E-state index contributed by atoms with van der Waals surface area (Å²) in [6, 6.07) is 6.02. The van der Waals surface area contributed by atoms with Crippen LogP contribution < -0.4 is 0 Å². The van der Waals surface area contributed by atoms with Crippen LogP contribution in [-0.4, -0.2) is 29.4 Å². The first kappa shape index (κ1) is 13.7. The number of rotatable bonds is 5. The van der Waals surface area contributed by atoms with Crippen molar-refractivity contribution in [2.24, 2.45) is 5.92 Å². The lowest BCUT2D eigenvalue weighted by Crippen LogP contribution is -2.41. The second-order valence-electron chi connectivity index (χ2n) is 5.31. The van der Waals surface area contributed by atoms with E-state index in [1.807, 2.05) is 13.8 Å². The minimum absolute atomic E-state index is 0.369.